The Morgan fingerprint density at radius 3 is 2.52 bits per heavy atom. The lowest BCUT2D eigenvalue weighted by atomic mass is 9.95. The van der Waals surface area contributed by atoms with E-state index in [0.29, 0.717) is 19.5 Å². The summed E-state index contributed by atoms with van der Waals surface area (Å²) in [6, 6.07) is 5.22. The first-order chi connectivity index (χ1) is 9.73. The van der Waals surface area contributed by atoms with Gasteiger partial charge in [0.2, 0.25) is 0 Å². The number of halogens is 2. The van der Waals surface area contributed by atoms with Crippen LogP contribution in [0.2, 0.25) is 0 Å². The largest absolute Gasteiger partial charge is 0.387 e. The maximum absolute atomic E-state index is 13.7. The Hall–Kier alpha value is -1.51. The van der Waals surface area contributed by atoms with Crippen LogP contribution in [0.3, 0.4) is 0 Å². The average Bonchev–Trinajstić information content (AvgIpc) is 2.33. The quantitative estimate of drug-likeness (QED) is 0.876. The summed E-state index contributed by atoms with van der Waals surface area (Å²) in [7, 11) is 0. The van der Waals surface area contributed by atoms with E-state index in [0.717, 1.165) is 12.1 Å². The first-order valence-corrected chi connectivity index (χ1v) is 6.95. The second-order valence-corrected chi connectivity index (χ2v) is 6.39. The van der Waals surface area contributed by atoms with Crippen molar-refractivity contribution in [2.75, 3.05) is 19.6 Å². The molecular weight excluding hydrogens is 274 g/mol. The monoisotopic (exact) mass is 296 g/mol. The van der Waals surface area contributed by atoms with Gasteiger partial charge in [-0.25, -0.2) is 8.78 Å². The van der Waals surface area contributed by atoms with E-state index in [-0.39, 0.29) is 17.5 Å². The van der Waals surface area contributed by atoms with Gasteiger partial charge in [0, 0.05) is 37.7 Å². The van der Waals surface area contributed by atoms with Gasteiger partial charge >= 0.3 is 0 Å². The highest BCUT2D eigenvalue weighted by molar-refractivity contribution is 5.21. The molecule has 5 heteroatoms. The van der Waals surface area contributed by atoms with E-state index in [4.69, 9.17) is 5.26 Å². The maximum atomic E-state index is 13.7. The molecule has 1 N–H and O–H groups in total. The molecule has 0 spiro atoms. The molecule has 0 amide bonds. The lowest BCUT2D eigenvalue weighted by Gasteiger charge is -2.31. The number of benzene rings is 1. The van der Waals surface area contributed by atoms with Crippen molar-refractivity contribution in [1.29, 1.82) is 5.26 Å². The molecule has 0 aromatic heterocycles. The van der Waals surface area contributed by atoms with Gasteiger partial charge in [-0.1, -0.05) is 26.8 Å². The summed E-state index contributed by atoms with van der Waals surface area (Å²) in [6.07, 6.45) is -0.707. The van der Waals surface area contributed by atoms with Crippen LogP contribution in [0.4, 0.5) is 8.78 Å². The van der Waals surface area contributed by atoms with Crippen LogP contribution in [-0.4, -0.2) is 29.6 Å². The Balaban J connectivity index is 2.79. The standard InChI is InChI=1S/C16H22F2N2O/c1-16(2,3)11-20(8-4-7-19)10-15(21)13-6-5-12(17)9-14(13)18/h5-6,9,15,21H,4,8,10-11H2,1-3H3. The third kappa shape index (κ3) is 6.19. The summed E-state index contributed by atoms with van der Waals surface area (Å²) >= 11 is 0. The fourth-order valence-electron chi connectivity index (χ4n) is 2.23. The van der Waals surface area contributed by atoms with E-state index in [1.807, 2.05) is 4.90 Å². The lowest BCUT2D eigenvalue weighted by molar-refractivity contribution is 0.0908. The molecule has 0 saturated heterocycles. The third-order valence-corrected chi connectivity index (χ3v) is 2.99. The van der Waals surface area contributed by atoms with Gasteiger partial charge in [-0.3, -0.25) is 4.90 Å². The minimum absolute atomic E-state index is 0.00346. The molecule has 116 valence electrons. The van der Waals surface area contributed by atoms with Crippen LogP contribution in [0.25, 0.3) is 0 Å². The van der Waals surface area contributed by atoms with E-state index < -0.39 is 17.7 Å². The van der Waals surface area contributed by atoms with Crippen LogP contribution in [0.15, 0.2) is 18.2 Å². The van der Waals surface area contributed by atoms with Crippen LogP contribution in [-0.2, 0) is 0 Å². The minimum atomic E-state index is -1.05. The minimum Gasteiger partial charge on any atom is -0.387 e. The van der Waals surface area contributed by atoms with Crippen molar-refractivity contribution in [3.8, 4) is 6.07 Å². The highest BCUT2D eigenvalue weighted by atomic mass is 19.1. The Labute approximate surface area is 124 Å². The third-order valence-electron chi connectivity index (χ3n) is 2.99. The van der Waals surface area contributed by atoms with Crippen LogP contribution < -0.4 is 0 Å². The molecule has 3 nitrogen and oxygen atoms in total. The maximum Gasteiger partial charge on any atom is 0.131 e. The highest BCUT2D eigenvalue weighted by Gasteiger charge is 2.21. The SMILES string of the molecule is CC(C)(C)CN(CCC#N)CC(O)c1ccc(F)cc1F. The Morgan fingerprint density at radius 2 is 2.00 bits per heavy atom. The second kappa shape index (κ2) is 7.48. The van der Waals surface area contributed by atoms with Gasteiger partial charge < -0.3 is 5.11 Å². The average molecular weight is 296 g/mol. The van der Waals surface area contributed by atoms with Crippen LogP contribution in [0.5, 0.6) is 0 Å². The molecule has 0 aliphatic heterocycles. The summed E-state index contributed by atoms with van der Waals surface area (Å²) in [5.74, 6) is -1.42. The molecular formula is C16H22F2N2O. The van der Waals surface area contributed by atoms with Gasteiger partial charge in [0.15, 0.2) is 0 Å². The van der Waals surface area contributed by atoms with Gasteiger partial charge in [-0.2, -0.15) is 5.26 Å². The van der Waals surface area contributed by atoms with Crippen molar-refractivity contribution in [3.05, 3.63) is 35.4 Å². The van der Waals surface area contributed by atoms with E-state index in [1.165, 1.54) is 6.07 Å². The number of hydrogen-bond acceptors (Lipinski definition) is 3. The topological polar surface area (TPSA) is 47.3 Å². The number of aliphatic hydroxyl groups is 1. The zero-order valence-corrected chi connectivity index (χ0v) is 12.7. The van der Waals surface area contributed by atoms with Gasteiger partial charge in [0.05, 0.1) is 12.2 Å². The van der Waals surface area contributed by atoms with Crippen molar-refractivity contribution in [1.82, 2.24) is 4.90 Å². The smallest absolute Gasteiger partial charge is 0.131 e. The van der Waals surface area contributed by atoms with Crippen LogP contribution in [0.1, 0.15) is 38.9 Å². The predicted molar refractivity (Wildman–Crippen MR) is 77.4 cm³/mol. The van der Waals surface area contributed by atoms with Crippen molar-refractivity contribution < 1.29 is 13.9 Å². The summed E-state index contributed by atoms with van der Waals surface area (Å²) in [6.45, 7) is 7.55. The van der Waals surface area contributed by atoms with Crippen molar-refractivity contribution in [2.24, 2.45) is 5.41 Å². The summed E-state index contributed by atoms with van der Waals surface area (Å²) in [5, 5.41) is 18.9. The van der Waals surface area contributed by atoms with Crippen molar-refractivity contribution in [2.45, 2.75) is 33.3 Å². The summed E-state index contributed by atoms with van der Waals surface area (Å²) in [5.41, 5.74) is 0.0727. The molecule has 0 heterocycles. The Bertz CT molecular complexity index is 506. The molecule has 0 radical (unpaired) electrons. The molecule has 1 rings (SSSR count). The molecule has 1 aromatic rings. The van der Waals surface area contributed by atoms with E-state index >= 15 is 0 Å². The number of nitrogens with zero attached hydrogens (tertiary/aromatic N) is 2. The lowest BCUT2D eigenvalue weighted by Crippen LogP contribution is -2.36. The van der Waals surface area contributed by atoms with E-state index in [2.05, 4.69) is 26.8 Å². The second-order valence-electron chi connectivity index (χ2n) is 6.39. The molecule has 0 aliphatic carbocycles. The van der Waals surface area contributed by atoms with Gasteiger partial charge in [0.1, 0.15) is 11.6 Å². The molecule has 1 atom stereocenters. The van der Waals surface area contributed by atoms with E-state index in [1.54, 1.807) is 0 Å². The number of hydrogen-bond donors (Lipinski definition) is 1. The first kappa shape index (κ1) is 17.5. The summed E-state index contributed by atoms with van der Waals surface area (Å²) < 4.78 is 26.6. The summed E-state index contributed by atoms with van der Waals surface area (Å²) in [4.78, 5) is 1.93. The molecule has 0 fully saturated rings. The fraction of sp³-hybridized carbons (Fsp3) is 0.562. The Morgan fingerprint density at radius 1 is 1.33 bits per heavy atom. The number of rotatable bonds is 6. The van der Waals surface area contributed by atoms with Gasteiger partial charge in [-0.05, 0) is 11.5 Å². The molecule has 1 aromatic carbocycles. The predicted octanol–water partition coefficient (Wildman–Crippen LogP) is 3.26. The zero-order chi connectivity index (χ0) is 16.0. The van der Waals surface area contributed by atoms with Crippen molar-refractivity contribution in [3.63, 3.8) is 0 Å². The van der Waals surface area contributed by atoms with Crippen LogP contribution in [0, 0.1) is 28.4 Å². The molecule has 21 heavy (non-hydrogen) atoms. The number of aliphatic hydroxyl groups excluding tert-OH is 1. The molecule has 0 aliphatic rings. The molecule has 0 saturated carbocycles. The first-order valence-electron chi connectivity index (χ1n) is 6.95. The Kier molecular flexibility index (Phi) is 6.25. The van der Waals surface area contributed by atoms with Crippen molar-refractivity contribution >= 4 is 0 Å². The van der Waals surface area contributed by atoms with Crippen LogP contribution >= 0.6 is 0 Å². The van der Waals surface area contributed by atoms with Gasteiger partial charge in [-0.15, -0.1) is 0 Å². The van der Waals surface area contributed by atoms with E-state index in [9.17, 15) is 13.9 Å². The number of nitriles is 1. The fourth-order valence-corrected chi connectivity index (χ4v) is 2.23. The highest BCUT2D eigenvalue weighted by Crippen LogP contribution is 2.22. The molecule has 1 unspecified atom stereocenters. The zero-order valence-electron chi connectivity index (χ0n) is 12.7. The molecule has 0 bridgehead atoms. The van der Waals surface area contributed by atoms with Gasteiger partial charge in [0.25, 0.3) is 0 Å². The normalized spacial score (nSPS) is 13.2.